The second-order valence-corrected chi connectivity index (χ2v) is 7.99. The zero-order chi connectivity index (χ0) is 21.5. The van der Waals surface area contributed by atoms with Crippen LogP contribution in [0.3, 0.4) is 0 Å². The molecule has 0 aliphatic rings. The lowest BCUT2D eigenvalue weighted by Crippen LogP contribution is -1.96. The molecule has 6 rings (SSSR count). The molecule has 0 unspecified atom stereocenters. The SMILES string of the molecule is Nc1c(-c2ccccc2)cc(-c2ccccc2)cc1-c1cccc2oc3ccccc3c12. The zero-order valence-corrected chi connectivity index (χ0v) is 17.5. The van der Waals surface area contributed by atoms with Crippen LogP contribution in [0.4, 0.5) is 5.69 Å². The Balaban J connectivity index is 1.70. The summed E-state index contributed by atoms with van der Waals surface area (Å²) in [6.07, 6.45) is 0. The Labute approximate surface area is 186 Å². The molecule has 0 atom stereocenters. The summed E-state index contributed by atoms with van der Waals surface area (Å²) in [5.41, 5.74) is 15.9. The quantitative estimate of drug-likeness (QED) is 0.298. The van der Waals surface area contributed by atoms with Crippen LogP contribution in [0.1, 0.15) is 0 Å². The van der Waals surface area contributed by atoms with E-state index in [9.17, 15) is 0 Å². The van der Waals surface area contributed by atoms with Gasteiger partial charge in [-0.1, -0.05) is 91.0 Å². The molecule has 1 heterocycles. The number of furan rings is 1. The Bertz CT molecular complexity index is 1560. The van der Waals surface area contributed by atoms with Gasteiger partial charge in [0.2, 0.25) is 0 Å². The summed E-state index contributed by atoms with van der Waals surface area (Å²) in [6, 6.07) is 39.6. The van der Waals surface area contributed by atoms with Crippen LogP contribution >= 0.6 is 0 Å². The molecule has 1 aromatic heterocycles. The Morgan fingerprint density at radius 3 is 1.88 bits per heavy atom. The van der Waals surface area contributed by atoms with Crippen molar-refractivity contribution >= 4 is 27.6 Å². The van der Waals surface area contributed by atoms with Gasteiger partial charge in [0.1, 0.15) is 11.2 Å². The lowest BCUT2D eigenvalue weighted by atomic mass is 9.90. The van der Waals surface area contributed by atoms with Crippen molar-refractivity contribution in [3.63, 3.8) is 0 Å². The molecule has 0 bridgehead atoms. The van der Waals surface area contributed by atoms with Gasteiger partial charge in [-0.2, -0.15) is 0 Å². The summed E-state index contributed by atoms with van der Waals surface area (Å²) in [5, 5.41) is 2.20. The summed E-state index contributed by atoms with van der Waals surface area (Å²) in [6.45, 7) is 0. The molecule has 0 aliphatic carbocycles. The van der Waals surface area contributed by atoms with Gasteiger partial charge < -0.3 is 10.2 Å². The van der Waals surface area contributed by atoms with Crippen molar-refractivity contribution in [3.05, 3.63) is 115 Å². The lowest BCUT2D eigenvalue weighted by molar-refractivity contribution is 0.669. The Morgan fingerprint density at radius 1 is 0.469 bits per heavy atom. The second-order valence-electron chi connectivity index (χ2n) is 7.99. The average molecular weight is 412 g/mol. The van der Waals surface area contributed by atoms with E-state index >= 15 is 0 Å². The summed E-state index contributed by atoms with van der Waals surface area (Å²) >= 11 is 0. The van der Waals surface area contributed by atoms with E-state index in [-0.39, 0.29) is 0 Å². The molecule has 0 saturated carbocycles. The third-order valence-electron chi connectivity index (χ3n) is 6.06. The van der Waals surface area contributed by atoms with Gasteiger partial charge in [-0.3, -0.25) is 0 Å². The van der Waals surface area contributed by atoms with Crippen LogP contribution in [0, 0.1) is 0 Å². The zero-order valence-electron chi connectivity index (χ0n) is 17.5. The van der Waals surface area contributed by atoms with Crippen LogP contribution < -0.4 is 5.73 Å². The normalized spacial score (nSPS) is 11.2. The van der Waals surface area contributed by atoms with Crippen LogP contribution in [-0.2, 0) is 0 Å². The van der Waals surface area contributed by atoms with Gasteiger partial charge in [-0.05, 0) is 46.5 Å². The Morgan fingerprint density at radius 2 is 1.09 bits per heavy atom. The van der Waals surface area contributed by atoms with Crippen LogP contribution in [0.2, 0.25) is 0 Å². The molecule has 32 heavy (non-hydrogen) atoms. The minimum absolute atomic E-state index is 0.772. The molecule has 0 aliphatic heterocycles. The smallest absolute Gasteiger partial charge is 0.136 e. The van der Waals surface area contributed by atoms with Crippen molar-refractivity contribution in [1.82, 2.24) is 0 Å². The van der Waals surface area contributed by atoms with Crippen LogP contribution in [-0.4, -0.2) is 0 Å². The van der Waals surface area contributed by atoms with Crippen molar-refractivity contribution in [3.8, 4) is 33.4 Å². The van der Waals surface area contributed by atoms with E-state index in [1.165, 1.54) is 0 Å². The van der Waals surface area contributed by atoms with Crippen molar-refractivity contribution < 1.29 is 4.42 Å². The maximum atomic E-state index is 6.87. The molecule has 0 radical (unpaired) electrons. The molecule has 152 valence electrons. The highest BCUT2D eigenvalue weighted by Crippen LogP contribution is 2.43. The number of rotatable bonds is 3. The van der Waals surface area contributed by atoms with E-state index in [2.05, 4.69) is 60.7 Å². The number of hydrogen-bond donors (Lipinski definition) is 1. The number of fused-ring (bicyclic) bond motifs is 3. The van der Waals surface area contributed by atoms with Crippen LogP contribution in [0.25, 0.3) is 55.3 Å². The Kier molecular flexibility index (Phi) is 4.29. The molecular formula is C30H21NO. The van der Waals surface area contributed by atoms with E-state index in [0.29, 0.717) is 0 Å². The number of nitrogen functional groups attached to an aromatic ring is 1. The molecule has 0 fully saturated rings. The maximum absolute atomic E-state index is 6.87. The number of anilines is 1. The first-order valence-electron chi connectivity index (χ1n) is 10.7. The standard InChI is InChI=1S/C30H21NO/c31-30-25(21-12-5-2-6-13-21)18-22(20-10-3-1-4-11-20)19-26(30)23-15-9-17-28-29(23)24-14-7-8-16-27(24)32-28/h1-19H,31H2. The molecule has 0 amide bonds. The second kappa shape index (κ2) is 7.44. The monoisotopic (exact) mass is 411 g/mol. The van der Waals surface area contributed by atoms with E-state index in [1.807, 2.05) is 54.6 Å². The fourth-order valence-electron chi connectivity index (χ4n) is 4.53. The molecule has 0 saturated heterocycles. The summed E-state index contributed by atoms with van der Waals surface area (Å²) in [7, 11) is 0. The van der Waals surface area contributed by atoms with E-state index in [4.69, 9.17) is 10.2 Å². The van der Waals surface area contributed by atoms with Crippen molar-refractivity contribution in [2.24, 2.45) is 0 Å². The highest BCUT2D eigenvalue weighted by molar-refractivity contribution is 6.14. The molecule has 2 heteroatoms. The van der Waals surface area contributed by atoms with E-state index < -0.39 is 0 Å². The number of para-hydroxylation sites is 1. The summed E-state index contributed by atoms with van der Waals surface area (Å²) in [5.74, 6) is 0. The molecular weight excluding hydrogens is 390 g/mol. The van der Waals surface area contributed by atoms with E-state index in [1.54, 1.807) is 0 Å². The van der Waals surface area contributed by atoms with Gasteiger partial charge in [0.15, 0.2) is 0 Å². The third-order valence-corrected chi connectivity index (χ3v) is 6.06. The van der Waals surface area contributed by atoms with Gasteiger partial charge in [0, 0.05) is 27.6 Å². The topological polar surface area (TPSA) is 39.2 Å². The Hall–Kier alpha value is -4.30. The number of nitrogens with two attached hydrogens (primary N) is 1. The van der Waals surface area contributed by atoms with Gasteiger partial charge in [0.25, 0.3) is 0 Å². The molecule has 2 nitrogen and oxygen atoms in total. The van der Waals surface area contributed by atoms with Crippen molar-refractivity contribution in [2.75, 3.05) is 5.73 Å². The predicted octanol–water partition coefficient (Wildman–Crippen LogP) is 8.17. The van der Waals surface area contributed by atoms with Crippen molar-refractivity contribution in [2.45, 2.75) is 0 Å². The minimum Gasteiger partial charge on any atom is -0.456 e. The highest BCUT2D eigenvalue weighted by Gasteiger charge is 2.17. The fraction of sp³-hybridized carbons (Fsp3) is 0. The predicted molar refractivity (Wildman–Crippen MR) is 134 cm³/mol. The van der Waals surface area contributed by atoms with Gasteiger partial charge in [0.05, 0.1) is 0 Å². The minimum atomic E-state index is 0.772. The average Bonchev–Trinajstić information content (AvgIpc) is 3.24. The summed E-state index contributed by atoms with van der Waals surface area (Å²) < 4.78 is 6.14. The van der Waals surface area contributed by atoms with Crippen LogP contribution in [0.15, 0.2) is 120 Å². The fourth-order valence-corrected chi connectivity index (χ4v) is 4.53. The summed E-state index contributed by atoms with van der Waals surface area (Å²) in [4.78, 5) is 0. The largest absolute Gasteiger partial charge is 0.456 e. The van der Waals surface area contributed by atoms with Gasteiger partial charge in [-0.25, -0.2) is 0 Å². The molecule has 2 N–H and O–H groups in total. The first-order chi connectivity index (χ1) is 15.8. The number of benzene rings is 5. The van der Waals surface area contributed by atoms with Crippen molar-refractivity contribution in [1.29, 1.82) is 0 Å². The first-order valence-corrected chi connectivity index (χ1v) is 10.7. The highest BCUT2D eigenvalue weighted by atomic mass is 16.3. The molecule has 6 aromatic rings. The molecule has 5 aromatic carbocycles. The number of hydrogen-bond acceptors (Lipinski definition) is 2. The molecule has 0 spiro atoms. The first kappa shape index (κ1) is 18.5. The van der Waals surface area contributed by atoms with Crippen LogP contribution in [0.5, 0.6) is 0 Å². The third kappa shape index (κ3) is 2.97. The van der Waals surface area contributed by atoms with E-state index in [0.717, 1.165) is 61.0 Å². The maximum Gasteiger partial charge on any atom is 0.136 e. The van der Waals surface area contributed by atoms with Gasteiger partial charge in [-0.15, -0.1) is 0 Å². The van der Waals surface area contributed by atoms with Gasteiger partial charge >= 0.3 is 0 Å². The lowest BCUT2D eigenvalue weighted by Gasteiger charge is -2.16.